The fourth-order valence-electron chi connectivity index (χ4n) is 2.94. The van der Waals surface area contributed by atoms with Gasteiger partial charge in [-0.2, -0.15) is 0 Å². The van der Waals surface area contributed by atoms with Crippen molar-refractivity contribution in [2.45, 2.75) is 12.8 Å². The van der Waals surface area contributed by atoms with Crippen LogP contribution in [0.15, 0.2) is 35.7 Å². The summed E-state index contributed by atoms with van der Waals surface area (Å²) in [5, 5.41) is 4.54. The number of rotatable bonds is 8. The summed E-state index contributed by atoms with van der Waals surface area (Å²) in [5.41, 5.74) is 1.09. The molecule has 6 nitrogen and oxygen atoms in total. The molecule has 0 aliphatic carbocycles. The molecule has 0 radical (unpaired) electrons. The van der Waals surface area contributed by atoms with E-state index in [1.54, 1.807) is 11.4 Å². The highest BCUT2D eigenvalue weighted by Gasteiger charge is 2.17. The molecule has 0 bridgehead atoms. The lowest BCUT2D eigenvalue weighted by molar-refractivity contribution is -0.116. The van der Waals surface area contributed by atoms with E-state index in [0.717, 1.165) is 35.1 Å². The number of ether oxygens (including phenoxy) is 3. The smallest absolute Gasteiger partial charge is 0.226 e. The quantitative estimate of drug-likeness (QED) is 0.557. The second-order valence-corrected chi connectivity index (χ2v) is 7.06. The van der Waals surface area contributed by atoms with Crippen LogP contribution in [0.2, 0.25) is 0 Å². The average Bonchev–Trinajstić information content (AvgIpc) is 3.21. The molecule has 1 N–H and O–H groups in total. The zero-order valence-corrected chi connectivity index (χ0v) is 17.4. The van der Waals surface area contributed by atoms with Gasteiger partial charge in [-0.05, 0) is 36.2 Å². The van der Waals surface area contributed by atoms with Crippen molar-refractivity contribution >= 4 is 22.4 Å². The molecule has 158 valence electrons. The molecule has 0 saturated carbocycles. The number of amides is 1. The van der Waals surface area contributed by atoms with E-state index in [0.29, 0.717) is 28.8 Å². The van der Waals surface area contributed by atoms with E-state index in [2.05, 4.69) is 10.3 Å². The largest absolute Gasteiger partial charge is 0.493 e. The van der Waals surface area contributed by atoms with Crippen molar-refractivity contribution in [3.63, 3.8) is 0 Å². The van der Waals surface area contributed by atoms with E-state index in [4.69, 9.17) is 14.2 Å². The van der Waals surface area contributed by atoms with E-state index in [1.807, 2.05) is 6.07 Å². The molecule has 3 aromatic rings. The van der Waals surface area contributed by atoms with Gasteiger partial charge in [0.25, 0.3) is 0 Å². The van der Waals surface area contributed by atoms with Crippen molar-refractivity contribution in [2.24, 2.45) is 0 Å². The predicted octanol–water partition coefficient (Wildman–Crippen LogP) is 4.69. The molecule has 9 heteroatoms. The first-order valence-electron chi connectivity index (χ1n) is 8.95. The standard InChI is InChI=1S/C21H20F2N2O4S/c1-27-17-8-4-12(19(28-2)20(17)29-3)5-9-18(26)25-21-24-16(11-30-21)14-10-13(22)6-7-15(14)23/h4,6-8,10-11H,5,9H2,1-3H3,(H,24,25,26). The van der Waals surface area contributed by atoms with E-state index < -0.39 is 11.6 Å². The zero-order chi connectivity index (χ0) is 21.7. The molecule has 0 aliphatic rings. The van der Waals surface area contributed by atoms with Gasteiger partial charge in [0, 0.05) is 17.4 Å². The number of carbonyl (C=O) groups excluding carboxylic acids is 1. The predicted molar refractivity (Wildman–Crippen MR) is 111 cm³/mol. The Labute approximate surface area is 176 Å². The Hall–Kier alpha value is -3.20. The highest BCUT2D eigenvalue weighted by molar-refractivity contribution is 7.14. The fourth-order valence-corrected chi connectivity index (χ4v) is 3.67. The second kappa shape index (κ2) is 9.53. The van der Waals surface area contributed by atoms with Gasteiger partial charge in [-0.1, -0.05) is 6.07 Å². The first kappa shape index (κ1) is 21.5. The van der Waals surface area contributed by atoms with Crippen LogP contribution in [-0.4, -0.2) is 32.2 Å². The van der Waals surface area contributed by atoms with Crippen LogP contribution in [0.3, 0.4) is 0 Å². The van der Waals surface area contributed by atoms with Gasteiger partial charge in [0.15, 0.2) is 16.6 Å². The third-order valence-corrected chi connectivity index (χ3v) is 5.12. The first-order valence-corrected chi connectivity index (χ1v) is 9.83. The van der Waals surface area contributed by atoms with Gasteiger partial charge in [-0.3, -0.25) is 4.79 Å². The Balaban J connectivity index is 1.67. The molecule has 1 aromatic heterocycles. The highest BCUT2D eigenvalue weighted by atomic mass is 32.1. The lowest BCUT2D eigenvalue weighted by Gasteiger charge is -2.15. The maximum absolute atomic E-state index is 13.9. The molecule has 1 heterocycles. The Morgan fingerprint density at radius 2 is 1.83 bits per heavy atom. The van der Waals surface area contributed by atoms with E-state index in [-0.39, 0.29) is 23.6 Å². The molecule has 0 fully saturated rings. The van der Waals surface area contributed by atoms with E-state index in [1.165, 1.54) is 21.3 Å². The van der Waals surface area contributed by atoms with E-state index in [9.17, 15) is 13.6 Å². The lowest BCUT2D eigenvalue weighted by atomic mass is 10.1. The number of aryl methyl sites for hydroxylation is 1. The van der Waals surface area contributed by atoms with Gasteiger partial charge in [0.05, 0.1) is 27.0 Å². The number of halogens is 2. The summed E-state index contributed by atoms with van der Waals surface area (Å²) in [6.45, 7) is 0. The maximum Gasteiger partial charge on any atom is 0.226 e. The number of anilines is 1. The Morgan fingerprint density at radius 1 is 1.07 bits per heavy atom. The van der Waals surface area contributed by atoms with Crippen LogP contribution in [0, 0.1) is 11.6 Å². The molecule has 0 unspecified atom stereocenters. The molecule has 2 aromatic carbocycles. The summed E-state index contributed by atoms with van der Waals surface area (Å²) in [6, 6.07) is 6.70. The minimum absolute atomic E-state index is 0.0433. The summed E-state index contributed by atoms with van der Waals surface area (Å²) in [6.07, 6.45) is 0.557. The van der Waals surface area contributed by atoms with Crippen molar-refractivity contribution in [1.29, 1.82) is 0 Å². The summed E-state index contributed by atoms with van der Waals surface area (Å²) < 4.78 is 43.3. The third-order valence-electron chi connectivity index (χ3n) is 4.36. The number of nitrogens with zero attached hydrogens (tertiary/aromatic N) is 1. The van der Waals surface area contributed by atoms with Crippen molar-refractivity contribution in [1.82, 2.24) is 4.98 Å². The van der Waals surface area contributed by atoms with Gasteiger partial charge in [-0.15, -0.1) is 11.3 Å². The molecule has 0 atom stereocenters. The molecule has 30 heavy (non-hydrogen) atoms. The number of hydrogen-bond donors (Lipinski definition) is 1. The van der Waals surface area contributed by atoms with Crippen LogP contribution < -0.4 is 19.5 Å². The zero-order valence-electron chi connectivity index (χ0n) is 16.6. The monoisotopic (exact) mass is 434 g/mol. The molecule has 3 rings (SSSR count). The minimum Gasteiger partial charge on any atom is -0.493 e. The number of methoxy groups -OCH3 is 3. The Kier molecular flexibility index (Phi) is 6.83. The van der Waals surface area contributed by atoms with Crippen LogP contribution >= 0.6 is 11.3 Å². The van der Waals surface area contributed by atoms with Crippen molar-refractivity contribution in [3.8, 4) is 28.5 Å². The summed E-state index contributed by atoms with van der Waals surface area (Å²) in [7, 11) is 4.56. The first-order chi connectivity index (χ1) is 14.5. The van der Waals surface area contributed by atoms with Crippen LogP contribution in [-0.2, 0) is 11.2 Å². The summed E-state index contributed by atoms with van der Waals surface area (Å²) >= 11 is 1.13. The van der Waals surface area contributed by atoms with Gasteiger partial charge < -0.3 is 19.5 Å². The van der Waals surface area contributed by atoms with Crippen LogP contribution in [0.25, 0.3) is 11.3 Å². The Morgan fingerprint density at radius 3 is 2.53 bits per heavy atom. The number of nitrogens with one attached hydrogen (secondary N) is 1. The number of aromatic nitrogens is 1. The van der Waals surface area contributed by atoms with Gasteiger partial charge in [-0.25, -0.2) is 13.8 Å². The summed E-state index contributed by atoms with van der Waals surface area (Å²) in [4.78, 5) is 16.5. The topological polar surface area (TPSA) is 69.7 Å². The number of carbonyl (C=O) groups is 1. The minimum atomic E-state index is -0.583. The van der Waals surface area contributed by atoms with Gasteiger partial charge in [0.1, 0.15) is 11.6 Å². The molecule has 0 saturated heterocycles. The summed E-state index contributed by atoms with van der Waals surface area (Å²) in [5.74, 6) is 0.0752. The van der Waals surface area contributed by atoms with Crippen molar-refractivity contribution < 1.29 is 27.8 Å². The maximum atomic E-state index is 13.9. The number of benzene rings is 2. The third kappa shape index (κ3) is 4.68. The fraction of sp³-hybridized carbons (Fsp3) is 0.238. The highest BCUT2D eigenvalue weighted by Crippen LogP contribution is 2.40. The van der Waals surface area contributed by atoms with Crippen LogP contribution in [0.4, 0.5) is 13.9 Å². The number of hydrogen-bond acceptors (Lipinski definition) is 6. The Bertz CT molecular complexity index is 1060. The molecular formula is C21H20F2N2O4S. The average molecular weight is 434 g/mol. The van der Waals surface area contributed by atoms with Crippen LogP contribution in [0.1, 0.15) is 12.0 Å². The van der Waals surface area contributed by atoms with E-state index >= 15 is 0 Å². The van der Waals surface area contributed by atoms with Gasteiger partial charge >= 0.3 is 0 Å². The molecule has 0 spiro atoms. The SMILES string of the molecule is COc1ccc(CCC(=O)Nc2nc(-c3cc(F)ccc3F)cs2)c(OC)c1OC. The van der Waals surface area contributed by atoms with Gasteiger partial charge in [0.2, 0.25) is 11.7 Å². The van der Waals surface area contributed by atoms with Crippen LogP contribution in [0.5, 0.6) is 17.2 Å². The van der Waals surface area contributed by atoms with Crippen molar-refractivity contribution in [2.75, 3.05) is 26.6 Å². The normalized spacial score (nSPS) is 10.6. The molecule has 1 amide bonds. The lowest BCUT2D eigenvalue weighted by Crippen LogP contribution is -2.12. The number of thiazole rings is 1. The molecule has 0 aliphatic heterocycles. The van der Waals surface area contributed by atoms with Crippen molar-refractivity contribution in [3.05, 3.63) is 52.9 Å². The molecular weight excluding hydrogens is 414 g/mol. The second-order valence-electron chi connectivity index (χ2n) is 6.20.